The quantitative estimate of drug-likeness (QED) is 0.540. The number of nitrogens with one attached hydrogen (secondary N) is 3. The van der Waals surface area contributed by atoms with Crippen LogP contribution in [0.5, 0.6) is 0 Å². The van der Waals surface area contributed by atoms with Crippen molar-refractivity contribution >= 4 is 34.0 Å². The number of esters is 1. The second kappa shape index (κ2) is 10.7. The zero-order chi connectivity index (χ0) is 21.3. The first-order chi connectivity index (χ1) is 13.7. The molecular weight excluding hydrogens is 398 g/mol. The number of sulfonamides is 1. The highest BCUT2D eigenvalue weighted by Gasteiger charge is 2.23. The molecule has 10 heteroatoms. The molecule has 2 rings (SSSR count). The van der Waals surface area contributed by atoms with Crippen LogP contribution in [0, 0.1) is 0 Å². The number of hydrogen-bond acceptors (Lipinski definition) is 6. The SMILES string of the molecule is C[C@@H](OC(=O)CNS(=O)(=O)/C=C/c1ccccc1)C(=O)NC(=O)NC1CCCC1. The smallest absolute Gasteiger partial charge is 0.321 e. The molecular formula is C19H25N3O6S. The van der Waals surface area contributed by atoms with Gasteiger partial charge in [-0.3, -0.25) is 14.9 Å². The third-order valence-corrected chi connectivity index (χ3v) is 5.30. The number of imide groups is 1. The summed E-state index contributed by atoms with van der Waals surface area (Å²) in [5.74, 6) is -1.73. The number of carbonyl (C=O) groups is 3. The third kappa shape index (κ3) is 8.44. The molecule has 3 amide bonds. The highest BCUT2D eigenvalue weighted by Crippen LogP contribution is 2.17. The Morgan fingerprint density at radius 3 is 2.48 bits per heavy atom. The standard InChI is InChI=1S/C19H25N3O6S/c1-14(18(24)22-19(25)21-16-9-5-6-10-16)28-17(23)13-20-29(26,27)12-11-15-7-3-2-4-8-15/h2-4,7-8,11-12,14,16,20H,5-6,9-10,13H2,1H3,(H2,21,22,24,25)/b12-11+/t14-/m1/s1. The molecule has 0 saturated heterocycles. The van der Waals surface area contributed by atoms with Gasteiger partial charge in [-0.05, 0) is 31.4 Å². The number of hydrogen-bond donors (Lipinski definition) is 3. The first-order valence-electron chi connectivity index (χ1n) is 9.29. The van der Waals surface area contributed by atoms with E-state index in [1.54, 1.807) is 30.3 Å². The van der Waals surface area contributed by atoms with Crippen LogP contribution in [0.1, 0.15) is 38.2 Å². The minimum Gasteiger partial charge on any atom is -0.452 e. The van der Waals surface area contributed by atoms with Gasteiger partial charge in [0.25, 0.3) is 5.91 Å². The van der Waals surface area contributed by atoms with Crippen molar-refractivity contribution in [2.75, 3.05) is 6.54 Å². The predicted molar refractivity (Wildman–Crippen MR) is 107 cm³/mol. The van der Waals surface area contributed by atoms with E-state index in [1.807, 2.05) is 0 Å². The van der Waals surface area contributed by atoms with E-state index in [0.29, 0.717) is 5.56 Å². The Balaban J connectivity index is 1.73. The first kappa shape index (κ1) is 22.6. The summed E-state index contributed by atoms with van der Waals surface area (Å²) in [5, 5.41) is 5.72. The van der Waals surface area contributed by atoms with Crippen LogP contribution >= 0.6 is 0 Å². The summed E-state index contributed by atoms with van der Waals surface area (Å²) in [6.45, 7) is 0.646. The van der Waals surface area contributed by atoms with Crippen molar-refractivity contribution in [2.45, 2.75) is 44.8 Å². The summed E-state index contributed by atoms with van der Waals surface area (Å²) in [6, 6.07) is 8.17. The summed E-state index contributed by atoms with van der Waals surface area (Å²) in [7, 11) is -3.86. The fourth-order valence-electron chi connectivity index (χ4n) is 2.74. The summed E-state index contributed by atoms with van der Waals surface area (Å²) >= 11 is 0. The second-order valence-corrected chi connectivity index (χ2v) is 8.31. The second-order valence-electron chi connectivity index (χ2n) is 6.66. The molecule has 1 aliphatic rings. The minimum absolute atomic E-state index is 0.0407. The highest BCUT2D eigenvalue weighted by atomic mass is 32.2. The topological polar surface area (TPSA) is 131 Å². The van der Waals surface area contributed by atoms with E-state index in [9.17, 15) is 22.8 Å². The zero-order valence-electron chi connectivity index (χ0n) is 16.1. The van der Waals surface area contributed by atoms with Gasteiger partial charge in [0.2, 0.25) is 10.0 Å². The van der Waals surface area contributed by atoms with Gasteiger partial charge < -0.3 is 10.1 Å². The Morgan fingerprint density at radius 2 is 1.83 bits per heavy atom. The van der Waals surface area contributed by atoms with Gasteiger partial charge in [-0.25, -0.2) is 17.9 Å². The van der Waals surface area contributed by atoms with Crippen molar-refractivity contribution < 1.29 is 27.5 Å². The van der Waals surface area contributed by atoms with E-state index in [1.165, 1.54) is 13.0 Å². The Bertz CT molecular complexity index is 848. The molecule has 158 valence electrons. The van der Waals surface area contributed by atoms with E-state index >= 15 is 0 Å². The van der Waals surface area contributed by atoms with Crippen LogP contribution in [0.25, 0.3) is 6.08 Å². The molecule has 1 aliphatic carbocycles. The van der Waals surface area contributed by atoms with E-state index in [0.717, 1.165) is 31.1 Å². The maximum absolute atomic E-state index is 11.9. The van der Waals surface area contributed by atoms with E-state index in [2.05, 4.69) is 15.4 Å². The highest BCUT2D eigenvalue weighted by molar-refractivity contribution is 7.92. The average molecular weight is 423 g/mol. The molecule has 9 nitrogen and oxygen atoms in total. The molecule has 1 aromatic rings. The largest absolute Gasteiger partial charge is 0.452 e. The fourth-order valence-corrected chi connectivity index (χ4v) is 3.49. The summed E-state index contributed by atoms with van der Waals surface area (Å²) < 4.78 is 30.7. The van der Waals surface area contributed by atoms with Gasteiger partial charge in [-0.1, -0.05) is 43.2 Å². The Kier molecular flexibility index (Phi) is 8.34. The van der Waals surface area contributed by atoms with Crippen molar-refractivity contribution in [3.63, 3.8) is 0 Å². The first-order valence-corrected chi connectivity index (χ1v) is 10.8. The van der Waals surface area contributed by atoms with Crippen LogP contribution < -0.4 is 15.4 Å². The van der Waals surface area contributed by atoms with Crippen LogP contribution in [-0.4, -0.2) is 45.0 Å². The van der Waals surface area contributed by atoms with Crippen molar-refractivity contribution in [1.29, 1.82) is 0 Å². The van der Waals surface area contributed by atoms with Crippen LogP contribution in [0.2, 0.25) is 0 Å². The lowest BCUT2D eigenvalue weighted by atomic mass is 10.2. The molecule has 0 aromatic heterocycles. The van der Waals surface area contributed by atoms with Crippen molar-refractivity contribution in [3.8, 4) is 0 Å². The molecule has 29 heavy (non-hydrogen) atoms. The number of carbonyl (C=O) groups excluding carboxylic acids is 3. The van der Waals surface area contributed by atoms with Crippen molar-refractivity contribution in [2.24, 2.45) is 0 Å². The van der Waals surface area contributed by atoms with E-state index in [-0.39, 0.29) is 6.04 Å². The number of ether oxygens (including phenoxy) is 1. The van der Waals surface area contributed by atoms with Crippen molar-refractivity contribution in [3.05, 3.63) is 41.3 Å². The van der Waals surface area contributed by atoms with Gasteiger partial charge in [0.1, 0.15) is 6.54 Å². The van der Waals surface area contributed by atoms with Crippen LogP contribution in [0.4, 0.5) is 4.79 Å². The molecule has 0 radical (unpaired) electrons. The van der Waals surface area contributed by atoms with Crippen LogP contribution in [-0.2, 0) is 24.3 Å². The molecule has 0 unspecified atom stereocenters. The van der Waals surface area contributed by atoms with Gasteiger partial charge in [0.05, 0.1) is 0 Å². The Morgan fingerprint density at radius 1 is 1.17 bits per heavy atom. The number of rotatable bonds is 8. The predicted octanol–water partition coefficient (Wildman–Crippen LogP) is 1.28. The van der Waals surface area contributed by atoms with E-state index < -0.39 is 40.6 Å². The molecule has 0 heterocycles. The lowest BCUT2D eigenvalue weighted by Crippen LogP contribution is -2.47. The molecule has 0 aliphatic heterocycles. The molecule has 1 aromatic carbocycles. The number of amides is 3. The average Bonchev–Trinajstić information content (AvgIpc) is 3.18. The lowest BCUT2D eigenvalue weighted by Gasteiger charge is -2.15. The summed E-state index contributed by atoms with van der Waals surface area (Å²) in [4.78, 5) is 35.5. The van der Waals surface area contributed by atoms with Crippen molar-refractivity contribution in [1.82, 2.24) is 15.4 Å². The van der Waals surface area contributed by atoms with Gasteiger partial charge >= 0.3 is 12.0 Å². The molecule has 3 N–H and O–H groups in total. The van der Waals surface area contributed by atoms with Crippen LogP contribution in [0.15, 0.2) is 35.7 Å². The van der Waals surface area contributed by atoms with Crippen LogP contribution in [0.3, 0.4) is 0 Å². The Hall–Kier alpha value is -2.72. The number of benzene rings is 1. The molecule has 1 saturated carbocycles. The normalized spacial score (nSPS) is 15.8. The van der Waals surface area contributed by atoms with Gasteiger partial charge in [0.15, 0.2) is 6.10 Å². The number of urea groups is 1. The molecule has 1 fully saturated rings. The monoisotopic (exact) mass is 423 g/mol. The summed E-state index contributed by atoms with van der Waals surface area (Å²) in [6.07, 6.45) is 3.93. The maximum atomic E-state index is 11.9. The van der Waals surface area contributed by atoms with E-state index in [4.69, 9.17) is 4.74 Å². The van der Waals surface area contributed by atoms with Gasteiger partial charge in [-0.15, -0.1) is 0 Å². The van der Waals surface area contributed by atoms with Gasteiger partial charge in [-0.2, -0.15) is 0 Å². The third-order valence-electron chi connectivity index (χ3n) is 4.26. The summed E-state index contributed by atoms with van der Waals surface area (Å²) in [5.41, 5.74) is 0.682. The molecule has 1 atom stereocenters. The molecule has 0 bridgehead atoms. The molecule has 0 spiro atoms. The van der Waals surface area contributed by atoms with Gasteiger partial charge in [0, 0.05) is 11.4 Å². The minimum atomic E-state index is -3.86. The fraction of sp³-hybridized carbons (Fsp3) is 0.421. The Labute approximate surface area is 169 Å². The lowest BCUT2D eigenvalue weighted by molar-refractivity contribution is -0.153. The zero-order valence-corrected chi connectivity index (χ0v) is 16.9. The maximum Gasteiger partial charge on any atom is 0.321 e.